The molecule has 2 aliphatic carbocycles. The normalized spacial score (nSPS) is 23.9. The molecule has 3 fully saturated rings. The minimum absolute atomic E-state index is 0.0733. The smallest absolute Gasteiger partial charge is 0.408 e. The first-order valence-electron chi connectivity index (χ1n) is 16.3. The van der Waals surface area contributed by atoms with E-state index >= 15 is 0 Å². The maximum Gasteiger partial charge on any atom is 0.408 e. The lowest BCUT2D eigenvalue weighted by molar-refractivity contribution is -0.141. The van der Waals surface area contributed by atoms with Gasteiger partial charge in [-0.2, -0.15) is 0 Å². The maximum absolute atomic E-state index is 14.1. The Balaban J connectivity index is 1.26. The van der Waals surface area contributed by atoms with Crippen LogP contribution in [0, 0.1) is 17.3 Å². The average molecular weight is 699 g/mol. The molecule has 2 unspecified atom stereocenters. The minimum Gasteiger partial charge on any atom is -0.495 e. The van der Waals surface area contributed by atoms with Gasteiger partial charge in [0.15, 0.2) is 5.13 Å². The number of nitrogens with zero attached hydrogens (tertiary/aromatic N) is 3. The molecule has 0 radical (unpaired) electrons. The van der Waals surface area contributed by atoms with Crippen LogP contribution >= 0.6 is 22.9 Å². The number of thiazole rings is 1. The zero-order valence-corrected chi connectivity index (χ0v) is 29.6. The Labute approximate surface area is 289 Å². The molecule has 4 N–H and O–H groups in total. The Morgan fingerprint density at radius 3 is 2.42 bits per heavy atom. The molecule has 48 heavy (non-hydrogen) atoms. The number of methoxy groups -OCH3 is 1. The maximum atomic E-state index is 14.1. The number of nitrogens with one attached hydrogen (secondary N) is 2. The number of anilines is 1. The molecule has 6 atom stereocenters. The van der Waals surface area contributed by atoms with Gasteiger partial charge in [0.2, 0.25) is 11.8 Å². The molecule has 12 nitrogen and oxygen atoms in total. The summed E-state index contributed by atoms with van der Waals surface area (Å²) < 4.78 is 17.7. The van der Waals surface area contributed by atoms with Gasteiger partial charge in [0.1, 0.15) is 46.5 Å². The first-order valence-corrected chi connectivity index (χ1v) is 17.6. The number of hydrogen-bond acceptors (Lipinski definition) is 10. The van der Waals surface area contributed by atoms with Gasteiger partial charge in [-0.1, -0.05) is 32.4 Å². The van der Waals surface area contributed by atoms with Crippen LogP contribution < -0.4 is 25.8 Å². The van der Waals surface area contributed by atoms with Crippen LogP contribution in [0.25, 0.3) is 22.3 Å². The van der Waals surface area contributed by atoms with Crippen LogP contribution in [0.4, 0.5) is 9.93 Å². The minimum atomic E-state index is -0.959. The Bertz CT molecular complexity index is 1720. The Morgan fingerprint density at radius 2 is 1.77 bits per heavy atom. The molecular formula is C34H43ClN6O6S. The van der Waals surface area contributed by atoms with Crippen molar-refractivity contribution in [2.24, 2.45) is 23.0 Å². The van der Waals surface area contributed by atoms with Gasteiger partial charge in [0.05, 0.1) is 24.9 Å². The highest BCUT2D eigenvalue weighted by atomic mass is 35.5. The van der Waals surface area contributed by atoms with Crippen molar-refractivity contribution < 1.29 is 28.6 Å². The molecule has 3 amide bonds. The first kappa shape index (κ1) is 34.0. The molecule has 3 heterocycles. The monoisotopic (exact) mass is 698 g/mol. The Kier molecular flexibility index (Phi) is 9.38. The third-order valence-corrected chi connectivity index (χ3v) is 10.4. The standard InChI is InChI=1S/C34H43ClN6O6S/c1-16(2)37-32-39-23(15-48-32)22-13-26(21-7-8-25(45-6)27(35)28(21)38-22)46-20-12-24(30(36)42)41(14-20)31(43)29(34(3,4)5)40-33(44)47-19-10-17-9-18(17)11-19/h7-8,13,15-20,24,29H,9-12,14H2,1-6H3,(H2,36,42)(H,37,39)(H,40,44)/t17-,18?,19?,20+,24-,29+/m0/s1. The second-order valence-electron chi connectivity index (χ2n) is 14.4. The number of rotatable bonds is 10. The fourth-order valence-electron chi connectivity index (χ4n) is 6.75. The van der Waals surface area contributed by atoms with Crippen molar-refractivity contribution in [3.63, 3.8) is 0 Å². The van der Waals surface area contributed by atoms with Crippen molar-refractivity contribution in [2.45, 2.75) is 90.6 Å². The zero-order valence-electron chi connectivity index (χ0n) is 28.0. The van der Waals surface area contributed by atoms with Gasteiger partial charge in [-0.05, 0) is 62.5 Å². The molecule has 258 valence electrons. The van der Waals surface area contributed by atoms with E-state index < -0.39 is 41.5 Å². The first-order chi connectivity index (χ1) is 22.7. The largest absolute Gasteiger partial charge is 0.495 e. The molecule has 0 bridgehead atoms. The third-order valence-electron chi connectivity index (χ3n) is 9.26. The van der Waals surface area contributed by atoms with Crippen LogP contribution in [-0.2, 0) is 14.3 Å². The van der Waals surface area contributed by atoms with E-state index in [0.717, 1.165) is 18.0 Å². The molecule has 14 heteroatoms. The number of nitrogens with two attached hydrogens (primary N) is 1. The van der Waals surface area contributed by atoms with Gasteiger partial charge in [-0.3, -0.25) is 9.59 Å². The number of halogens is 1. The van der Waals surface area contributed by atoms with E-state index in [0.29, 0.717) is 50.6 Å². The quantitative estimate of drug-likeness (QED) is 0.245. The van der Waals surface area contributed by atoms with Crippen molar-refractivity contribution in [1.29, 1.82) is 0 Å². The summed E-state index contributed by atoms with van der Waals surface area (Å²) in [6.07, 6.45) is 1.73. The lowest BCUT2D eigenvalue weighted by atomic mass is 9.85. The van der Waals surface area contributed by atoms with Crippen LogP contribution in [0.2, 0.25) is 5.02 Å². The van der Waals surface area contributed by atoms with E-state index in [4.69, 9.17) is 41.5 Å². The fraction of sp³-hybridized carbons (Fsp3) is 0.559. The van der Waals surface area contributed by atoms with Crippen molar-refractivity contribution in [1.82, 2.24) is 20.2 Å². The summed E-state index contributed by atoms with van der Waals surface area (Å²) in [5, 5.41) is 9.70. The highest BCUT2D eigenvalue weighted by molar-refractivity contribution is 7.14. The number of primary amides is 1. The summed E-state index contributed by atoms with van der Waals surface area (Å²) in [4.78, 5) is 50.8. The number of benzene rings is 1. The number of pyridine rings is 1. The number of alkyl carbamates (subject to hydrolysis) is 1. The van der Waals surface area contributed by atoms with Gasteiger partial charge in [0.25, 0.3) is 0 Å². The molecule has 1 aromatic carbocycles. The summed E-state index contributed by atoms with van der Waals surface area (Å²) in [5.74, 6) is 1.12. The van der Waals surface area contributed by atoms with Gasteiger partial charge < -0.3 is 35.5 Å². The topological polar surface area (TPSA) is 158 Å². The van der Waals surface area contributed by atoms with Crippen molar-refractivity contribution in [3.05, 3.63) is 28.6 Å². The van der Waals surface area contributed by atoms with E-state index in [2.05, 4.69) is 10.6 Å². The Hall–Kier alpha value is -3.84. The Morgan fingerprint density at radius 1 is 1.04 bits per heavy atom. The van der Waals surface area contributed by atoms with E-state index in [1.807, 2.05) is 40.0 Å². The number of hydrogen-bond donors (Lipinski definition) is 3. The van der Waals surface area contributed by atoms with E-state index in [1.54, 1.807) is 18.2 Å². The fourth-order valence-corrected chi connectivity index (χ4v) is 7.88. The molecule has 2 aromatic heterocycles. The molecule has 1 saturated heterocycles. The number of likely N-dealkylation sites (tertiary alicyclic amines) is 1. The summed E-state index contributed by atoms with van der Waals surface area (Å²) in [5.41, 5.74) is 6.79. The van der Waals surface area contributed by atoms with E-state index in [-0.39, 0.29) is 25.1 Å². The number of aromatic nitrogens is 2. The molecule has 3 aliphatic rings. The number of fused-ring (bicyclic) bond motifs is 2. The predicted octanol–water partition coefficient (Wildman–Crippen LogP) is 5.61. The summed E-state index contributed by atoms with van der Waals surface area (Å²) in [6, 6.07) is 3.63. The number of ether oxygens (including phenoxy) is 3. The second-order valence-corrected chi connectivity index (χ2v) is 15.6. The molecule has 2 saturated carbocycles. The van der Waals surface area contributed by atoms with E-state index in [1.165, 1.54) is 29.8 Å². The van der Waals surface area contributed by atoms with Crippen LogP contribution in [0.15, 0.2) is 23.6 Å². The highest BCUT2D eigenvalue weighted by Gasteiger charge is 2.48. The molecule has 6 rings (SSSR count). The van der Waals surface area contributed by atoms with Crippen molar-refractivity contribution >= 4 is 56.9 Å². The van der Waals surface area contributed by atoms with Gasteiger partial charge in [-0.15, -0.1) is 11.3 Å². The van der Waals surface area contributed by atoms with Crippen LogP contribution in [0.5, 0.6) is 11.5 Å². The number of amides is 3. The van der Waals surface area contributed by atoms with Gasteiger partial charge >= 0.3 is 6.09 Å². The lowest BCUT2D eigenvalue weighted by Gasteiger charge is -2.35. The molecule has 3 aromatic rings. The molecule has 0 spiro atoms. The third kappa shape index (κ3) is 7.12. The van der Waals surface area contributed by atoms with Crippen molar-refractivity contribution in [3.8, 4) is 22.9 Å². The number of carbonyl (C=O) groups excluding carboxylic acids is 3. The van der Waals surface area contributed by atoms with Crippen LogP contribution in [0.1, 0.15) is 60.3 Å². The van der Waals surface area contributed by atoms with E-state index in [9.17, 15) is 14.4 Å². The summed E-state index contributed by atoms with van der Waals surface area (Å²) in [7, 11) is 1.53. The SMILES string of the molecule is COc1ccc2c(O[C@@H]3C[C@@H](C(N)=O)N(C(=O)[C@@H](NC(=O)OC4CC5C[C@H]5C4)C(C)(C)C)C3)cc(-c3csc(NC(C)C)n3)nc2c1Cl. The molecule has 1 aliphatic heterocycles. The van der Waals surface area contributed by atoms with Crippen LogP contribution in [0.3, 0.4) is 0 Å². The average Bonchev–Trinajstić information content (AvgIpc) is 3.35. The summed E-state index contributed by atoms with van der Waals surface area (Å²) >= 11 is 8.20. The van der Waals surface area contributed by atoms with Gasteiger partial charge in [-0.25, -0.2) is 14.8 Å². The van der Waals surface area contributed by atoms with Gasteiger partial charge in [0, 0.05) is 29.3 Å². The zero-order chi connectivity index (χ0) is 34.5. The number of carbonyl (C=O) groups is 3. The summed E-state index contributed by atoms with van der Waals surface area (Å²) in [6.45, 7) is 9.70. The van der Waals surface area contributed by atoms with Crippen LogP contribution in [-0.4, -0.2) is 76.8 Å². The second kappa shape index (κ2) is 13.2. The van der Waals surface area contributed by atoms with Crippen molar-refractivity contribution in [2.75, 3.05) is 19.0 Å². The highest BCUT2D eigenvalue weighted by Crippen LogP contribution is 2.52. The predicted molar refractivity (Wildman–Crippen MR) is 184 cm³/mol. The lowest BCUT2D eigenvalue weighted by Crippen LogP contribution is -2.57. The molecular weight excluding hydrogens is 656 g/mol.